The van der Waals surface area contributed by atoms with Crippen LogP contribution in [0.25, 0.3) is 10.8 Å². The lowest BCUT2D eigenvalue weighted by atomic mass is 10.1. The summed E-state index contributed by atoms with van der Waals surface area (Å²) in [6, 6.07) is 22.1. The van der Waals surface area contributed by atoms with Crippen molar-refractivity contribution < 1.29 is 19.9 Å². The lowest BCUT2D eigenvalue weighted by Crippen LogP contribution is -1.98. The van der Waals surface area contributed by atoms with Crippen LogP contribution in [0.15, 0.2) is 93.1 Å². The third-order valence-corrected chi connectivity index (χ3v) is 5.54. The molecule has 4 bridgehead atoms. The van der Waals surface area contributed by atoms with Gasteiger partial charge in [0.2, 0.25) is 0 Å². The van der Waals surface area contributed by atoms with Crippen LogP contribution in [-0.2, 0) is 9.68 Å². The average Bonchev–Trinajstić information content (AvgIpc) is 2.90. The Balaban J connectivity index is 1.63. The second-order valence-electron chi connectivity index (χ2n) is 7.87. The summed E-state index contributed by atoms with van der Waals surface area (Å²) < 4.78 is 0. The van der Waals surface area contributed by atoms with E-state index in [2.05, 4.69) is 20.3 Å². The van der Waals surface area contributed by atoms with Gasteiger partial charge in [0.1, 0.15) is 11.5 Å². The van der Waals surface area contributed by atoms with Crippen molar-refractivity contribution in [3.63, 3.8) is 0 Å². The molecular weight excluding hydrogens is 456 g/mol. The number of aliphatic imine (C=N–C) groups is 2. The molecule has 0 unspecified atom stereocenters. The number of phenols is 2. The summed E-state index contributed by atoms with van der Waals surface area (Å²) in [4.78, 5) is 19.7. The molecule has 0 atom stereocenters. The topological polar surface area (TPSA) is 108 Å². The fourth-order valence-electron chi connectivity index (χ4n) is 3.74. The lowest BCUT2D eigenvalue weighted by molar-refractivity contribution is 0.0553. The SMILES string of the molecule is Oc1c2cccc1/C=N\OCCO/N=C/c1cccc(c1O)C=Nc1cccc3cccc(c13)N=C2. The van der Waals surface area contributed by atoms with E-state index in [-0.39, 0.29) is 24.7 Å². The van der Waals surface area contributed by atoms with Crippen LogP contribution in [0.4, 0.5) is 11.4 Å². The van der Waals surface area contributed by atoms with Gasteiger partial charge in [-0.25, -0.2) is 0 Å². The third-order valence-electron chi connectivity index (χ3n) is 5.54. The first kappa shape index (κ1) is 22.8. The van der Waals surface area contributed by atoms with E-state index in [4.69, 9.17) is 9.68 Å². The minimum atomic E-state index is 0.0357. The zero-order valence-electron chi connectivity index (χ0n) is 19.2. The Morgan fingerprint density at radius 1 is 0.528 bits per heavy atom. The summed E-state index contributed by atoms with van der Waals surface area (Å²) in [5, 5.41) is 31.0. The summed E-state index contributed by atoms with van der Waals surface area (Å²) in [6.07, 6.45) is 6.05. The van der Waals surface area contributed by atoms with Gasteiger partial charge in [0, 0.05) is 40.1 Å². The van der Waals surface area contributed by atoms with Crippen LogP contribution in [0, 0.1) is 0 Å². The lowest BCUT2D eigenvalue weighted by Gasteiger charge is -2.07. The van der Waals surface area contributed by atoms with E-state index in [0.717, 1.165) is 10.8 Å². The van der Waals surface area contributed by atoms with Gasteiger partial charge in [-0.15, -0.1) is 0 Å². The Morgan fingerprint density at radius 3 is 1.42 bits per heavy atom. The van der Waals surface area contributed by atoms with Crippen molar-refractivity contribution in [1.29, 1.82) is 0 Å². The third kappa shape index (κ3) is 4.92. The Kier molecular flexibility index (Phi) is 6.66. The molecule has 1 heterocycles. The van der Waals surface area contributed by atoms with Gasteiger partial charge in [0.05, 0.1) is 23.8 Å². The number of nitrogens with zero attached hydrogens (tertiary/aromatic N) is 4. The monoisotopic (exact) mass is 478 g/mol. The minimum absolute atomic E-state index is 0.0357. The van der Waals surface area contributed by atoms with Crippen molar-refractivity contribution in [2.45, 2.75) is 0 Å². The zero-order chi connectivity index (χ0) is 24.7. The van der Waals surface area contributed by atoms with Gasteiger partial charge in [-0.2, -0.15) is 0 Å². The van der Waals surface area contributed by atoms with Gasteiger partial charge in [-0.1, -0.05) is 46.7 Å². The quantitative estimate of drug-likeness (QED) is 0.349. The van der Waals surface area contributed by atoms with Gasteiger partial charge in [0.15, 0.2) is 13.2 Å². The second kappa shape index (κ2) is 10.5. The number of aromatic hydroxyl groups is 2. The average molecular weight is 479 g/mol. The van der Waals surface area contributed by atoms with Gasteiger partial charge in [-0.05, 0) is 41.8 Å². The Hall–Kier alpha value is -4.98. The van der Waals surface area contributed by atoms with Crippen molar-refractivity contribution >= 4 is 47.0 Å². The number of rotatable bonds is 0. The van der Waals surface area contributed by atoms with Gasteiger partial charge < -0.3 is 19.9 Å². The predicted octanol–water partition coefficient (Wildman–Crippen LogP) is 5.47. The highest BCUT2D eigenvalue weighted by molar-refractivity contribution is 6.04. The van der Waals surface area contributed by atoms with Crippen molar-refractivity contribution in [2.75, 3.05) is 13.2 Å². The maximum absolute atomic E-state index is 10.7. The summed E-state index contributed by atoms with van der Waals surface area (Å²) in [5.41, 5.74) is 3.42. The van der Waals surface area contributed by atoms with E-state index >= 15 is 0 Å². The normalized spacial score (nSPS) is 15.3. The summed E-state index contributed by atoms with van der Waals surface area (Å²) in [5.74, 6) is 0.0714. The van der Waals surface area contributed by atoms with E-state index < -0.39 is 0 Å². The molecule has 0 aromatic heterocycles. The molecule has 0 spiro atoms. The van der Waals surface area contributed by atoms with Gasteiger partial charge >= 0.3 is 0 Å². The molecule has 8 nitrogen and oxygen atoms in total. The second-order valence-corrected chi connectivity index (χ2v) is 7.87. The van der Waals surface area contributed by atoms with E-state index in [9.17, 15) is 10.2 Å². The zero-order valence-corrected chi connectivity index (χ0v) is 19.2. The van der Waals surface area contributed by atoms with Crippen LogP contribution in [0.1, 0.15) is 22.3 Å². The van der Waals surface area contributed by atoms with E-state index in [0.29, 0.717) is 33.6 Å². The molecule has 0 saturated carbocycles. The molecule has 0 radical (unpaired) electrons. The number of para-hydroxylation sites is 2. The van der Waals surface area contributed by atoms with Gasteiger partial charge in [0.25, 0.3) is 0 Å². The molecule has 0 amide bonds. The molecule has 0 fully saturated rings. The smallest absolute Gasteiger partial charge is 0.153 e. The van der Waals surface area contributed by atoms with E-state index in [1.54, 1.807) is 48.8 Å². The summed E-state index contributed by atoms with van der Waals surface area (Å²) in [7, 11) is 0. The minimum Gasteiger partial charge on any atom is -0.507 e. The molecule has 178 valence electrons. The molecule has 36 heavy (non-hydrogen) atoms. The number of hydrogen-bond donors (Lipinski definition) is 2. The molecule has 0 saturated heterocycles. The number of phenolic OH excluding ortho intramolecular Hbond substituents is 2. The van der Waals surface area contributed by atoms with Crippen LogP contribution in [0.5, 0.6) is 11.5 Å². The highest BCUT2D eigenvalue weighted by atomic mass is 16.7. The number of hydrogen-bond acceptors (Lipinski definition) is 8. The number of fused-ring (bicyclic) bond motifs is 4. The highest BCUT2D eigenvalue weighted by Gasteiger charge is 2.08. The molecule has 4 aromatic carbocycles. The molecule has 0 aliphatic carbocycles. The first-order chi connectivity index (χ1) is 17.7. The van der Waals surface area contributed by atoms with Crippen molar-refractivity contribution in [1.82, 2.24) is 0 Å². The van der Waals surface area contributed by atoms with Crippen molar-refractivity contribution in [3.05, 3.63) is 95.1 Å². The van der Waals surface area contributed by atoms with E-state index in [1.165, 1.54) is 12.4 Å². The van der Waals surface area contributed by atoms with Crippen molar-refractivity contribution in [2.24, 2.45) is 20.3 Å². The molecular formula is C28H22N4O4. The number of benzene rings is 4. The Bertz CT molecular complexity index is 1420. The fraction of sp³-hybridized carbons (Fsp3) is 0.0714. The maximum atomic E-state index is 10.7. The standard InChI is InChI=1S/C28H22N4O4/c33-27-20-7-1-9-22(27)17-31-35-13-14-36-32-18-23-10-2-8-21(28(23)34)16-30-25-12-4-6-19-5-3-11-24(26(19)25)29-15-20/h1-12,15-18,33-34H,13-14H2/b29-15?,30-16?,31-17-,32-18+. The molecule has 5 rings (SSSR count). The summed E-state index contributed by atoms with van der Waals surface area (Å²) in [6.45, 7) is 0.299. The van der Waals surface area contributed by atoms with Crippen LogP contribution >= 0.6 is 0 Å². The highest BCUT2D eigenvalue weighted by Crippen LogP contribution is 2.35. The van der Waals surface area contributed by atoms with Crippen LogP contribution in [0.2, 0.25) is 0 Å². The molecule has 8 heteroatoms. The largest absolute Gasteiger partial charge is 0.507 e. The van der Waals surface area contributed by atoms with Crippen LogP contribution in [-0.4, -0.2) is 48.3 Å². The maximum Gasteiger partial charge on any atom is 0.153 e. The van der Waals surface area contributed by atoms with Crippen LogP contribution in [0.3, 0.4) is 0 Å². The van der Waals surface area contributed by atoms with Crippen LogP contribution < -0.4 is 0 Å². The van der Waals surface area contributed by atoms with E-state index in [1.807, 2.05) is 36.4 Å². The fourth-order valence-corrected chi connectivity index (χ4v) is 3.74. The predicted molar refractivity (Wildman–Crippen MR) is 142 cm³/mol. The Labute approximate surface area is 207 Å². The molecule has 1 aliphatic heterocycles. The molecule has 1 aliphatic rings. The number of oxime groups is 2. The Morgan fingerprint density at radius 2 is 0.944 bits per heavy atom. The molecule has 2 N–H and O–H groups in total. The first-order valence-electron chi connectivity index (χ1n) is 11.3. The summed E-state index contributed by atoms with van der Waals surface area (Å²) >= 11 is 0. The van der Waals surface area contributed by atoms with Gasteiger partial charge in [-0.3, -0.25) is 9.98 Å². The van der Waals surface area contributed by atoms with Crippen molar-refractivity contribution in [3.8, 4) is 11.5 Å². The first-order valence-corrected chi connectivity index (χ1v) is 11.3. The molecule has 4 aromatic rings.